The van der Waals surface area contributed by atoms with Crippen molar-refractivity contribution in [1.82, 2.24) is 0 Å². The van der Waals surface area contributed by atoms with Gasteiger partial charge in [0.25, 0.3) is 0 Å². The van der Waals surface area contributed by atoms with Gasteiger partial charge in [-0.3, -0.25) is 0 Å². The minimum absolute atomic E-state index is 0.0325. The zero-order valence-corrected chi connectivity index (χ0v) is 14.2. The van der Waals surface area contributed by atoms with Crippen molar-refractivity contribution in [2.75, 3.05) is 31.2 Å². The van der Waals surface area contributed by atoms with Gasteiger partial charge in [0.2, 0.25) is 5.69 Å². The van der Waals surface area contributed by atoms with Crippen LogP contribution in [0, 0.1) is 6.57 Å². The van der Waals surface area contributed by atoms with E-state index < -0.39 is 17.7 Å². The van der Waals surface area contributed by atoms with Crippen molar-refractivity contribution in [3.63, 3.8) is 0 Å². The summed E-state index contributed by atoms with van der Waals surface area (Å²) in [5.74, 6) is -1.27. The maximum absolute atomic E-state index is 13.0. The fourth-order valence-corrected chi connectivity index (χ4v) is 3.92. The van der Waals surface area contributed by atoms with E-state index in [2.05, 4.69) is 4.85 Å². The molecular weight excluding hydrogens is 369 g/mol. The lowest BCUT2D eigenvalue weighted by molar-refractivity contribution is -0.137. The third-order valence-electron chi connectivity index (χ3n) is 3.95. The maximum Gasteiger partial charge on any atom is 0.416 e. The number of carboxylic acids is 1. The van der Waals surface area contributed by atoms with Gasteiger partial charge < -0.3 is 14.7 Å². The molecule has 1 aromatic heterocycles. The Morgan fingerprint density at radius 1 is 1.31 bits per heavy atom. The van der Waals surface area contributed by atoms with E-state index in [4.69, 9.17) is 11.3 Å². The molecule has 0 atom stereocenters. The second-order valence-electron chi connectivity index (χ2n) is 5.55. The molecule has 0 amide bonds. The van der Waals surface area contributed by atoms with Crippen LogP contribution in [-0.4, -0.2) is 37.4 Å². The zero-order chi connectivity index (χ0) is 18.9. The number of thiophene rings is 1. The molecule has 2 heterocycles. The quantitative estimate of drug-likeness (QED) is 0.793. The average Bonchev–Trinajstić information content (AvgIpc) is 3.01. The SMILES string of the molecule is [C-]#[N+]c1c(N2CCOCC2)sc(C(=O)O)c1-c1cccc(C(F)(F)F)c1. The van der Waals surface area contributed by atoms with Crippen LogP contribution in [0.4, 0.5) is 23.9 Å². The monoisotopic (exact) mass is 382 g/mol. The second-order valence-corrected chi connectivity index (χ2v) is 6.55. The van der Waals surface area contributed by atoms with Crippen molar-refractivity contribution in [3.05, 3.63) is 46.1 Å². The largest absolute Gasteiger partial charge is 0.477 e. The van der Waals surface area contributed by atoms with E-state index >= 15 is 0 Å². The summed E-state index contributed by atoms with van der Waals surface area (Å²) < 4.78 is 44.3. The van der Waals surface area contributed by atoms with Crippen LogP contribution in [0.5, 0.6) is 0 Å². The molecule has 0 unspecified atom stereocenters. The van der Waals surface area contributed by atoms with Gasteiger partial charge in [-0.1, -0.05) is 12.1 Å². The summed E-state index contributed by atoms with van der Waals surface area (Å²) in [6.45, 7) is 9.35. The van der Waals surface area contributed by atoms with Gasteiger partial charge in [-0.05, 0) is 17.7 Å². The molecule has 1 aliphatic rings. The van der Waals surface area contributed by atoms with Gasteiger partial charge in [0, 0.05) is 18.7 Å². The van der Waals surface area contributed by atoms with Crippen molar-refractivity contribution >= 4 is 28.0 Å². The molecule has 0 bridgehead atoms. The van der Waals surface area contributed by atoms with E-state index in [0.29, 0.717) is 31.3 Å². The Kier molecular flexibility index (Phi) is 4.89. The van der Waals surface area contributed by atoms with Gasteiger partial charge in [0.05, 0.1) is 30.4 Å². The first-order valence-electron chi connectivity index (χ1n) is 7.60. The number of nitrogens with zero attached hydrogens (tertiary/aromatic N) is 2. The van der Waals surface area contributed by atoms with E-state index in [1.165, 1.54) is 12.1 Å². The number of alkyl halides is 3. The fraction of sp³-hybridized carbons (Fsp3) is 0.294. The third kappa shape index (κ3) is 3.38. The molecule has 2 aromatic rings. The summed E-state index contributed by atoms with van der Waals surface area (Å²) in [4.78, 5) is 16.8. The number of rotatable bonds is 3. The summed E-state index contributed by atoms with van der Waals surface area (Å²) in [5, 5.41) is 9.98. The second kappa shape index (κ2) is 6.97. The first kappa shape index (κ1) is 18.2. The van der Waals surface area contributed by atoms with E-state index in [9.17, 15) is 23.1 Å². The lowest BCUT2D eigenvalue weighted by Gasteiger charge is -2.28. The Balaban J connectivity index is 2.19. The van der Waals surface area contributed by atoms with Crippen LogP contribution in [-0.2, 0) is 10.9 Å². The molecule has 1 aromatic carbocycles. The van der Waals surface area contributed by atoms with E-state index in [0.717, 1.165) is 23.5 Å². The number of hydrogen-bond acceptors (Lipinski definition) is 4. The van der Waals surface area contributed by atoms with Crippen molar-refractivity contribution < 1.29 is 27.8 Å². The molecule has 0 spiro atoms. The van der Waals surface area contributed by atoms with Crippen LogP contribution in [0.25, 0.3) is 16.0 Å². The predicted molar refractivity (Wildman–Crippen MR) is 91.0 cm³/mol. The molecular formula is C17H13F3N2O3S. The van der Waals surface area contributed by atoms with Gasteiger partial charge in [0.1, 0.15) is 4.88 Å². The number of hydrogen-bond donors (Lipinski definition) is 1. The highest BCUT2D eigenvalue weighted by Crippen LogP contribution is 2.49. The minimum atomic E-state index is -4.55. The van der Waals surface area contributed by atoms with E-state index in [-0.39, 0.29) is 21.7 Å². The Labute approximate surface area is 151 Å². The normalized spacial score (nSPS) is 14.9. The van der Waals surface area contributed by atoms with Gasteiger partial charge in [-0.25, -0.2) is 9.64 Å². The maximum atomic E-state index is 13.0. The molecule has 0 aliphatic carbocycles. The van der Waals surface area contributed by atoms with Crippen LogP contribution >= 0.6 is 11.3 Å². The smallest absolute Gasteiger partial charge is 0.416 e. The standard InChI is InChI=1S/C17H13F3N2O3S/c1-21-13-12(10-3-2-4-11(9-10)17(18,19)20)14(16(23)24)26-15(13)22-5-7-25-8-6-22/h2-4,9H,5-8H2,(H,23,24). The summed E-state index contributed by atoms with van der Waals surface area (Å²) in [6, 6.07) is 4.40. The Morgan fingerprint density at radius 2 is 2.00 bits per heavy atom. The molecule has 1 saturated heterocycles. The van der Waals surface area contributed by atoms with Crippen LogP contribution in [0.1, 0.15) is 15.2 Å². The summed E-state index contributed by atoms with van der Waals surface area (Å²) >= 11 is 0.909. The number of carbonyl (C=O) groups is 1. The van der Waals surface area contributed by atoms with Gasteiger partial charge >= 0.3 is 12.1 Å². The van der Waals surface area contributed by atoms with Gasteiger partial charge in [-0.2, -0.15) is 13.2 Å². The highest BCUT2D eigenvalue weighted by atomic mass is 32.1. The Morgan fingerprint density at radius 3 is 2.58 bits per heavy atom. The highest BCUT2D eigenvalue weighted by molar-refractivity contribution is 7.19. The minimum Gasteiger partial charge on any atom is -0.477 e. The summed E-state index contributed by atoms with van der Waals surface area (Å²) in [7, 11) is 0. The summed E-state index contributed by atoms with van der Waals surface area (Å²) in [6.07, 6.45) is -4.55. The molecule has 5 nitrogen and oxygen atoms in total. The molecule has 136 valence electrons. The van der Waals surface area contributed by atoms with Crippen molar-refractivity contribution in [1.29, 1.82) is 0 Å². The lowest BCUT2D eigenvalue weighted by Crippen LogP contribution is -2.35. The molecule has 3 rings (SSSR count). The van der Waals surface area contributed by atoms with Crippen molar-refractivity contribution in [2.45, 2.75) is 6.18 Å². The van der Waals surface area contributed by atoms with Crippen molar-refractivity contribution in [3.8, 4) is 11.1 Å². The van der Waals surface area contributed by atoms with E-state index in [1.807, 2.05) is 4.90 Å². The topological polar surface area (TPSA) is 54.1 Å². The molecule has 26 heavy (non-hydrogen) atoms. The van der Waals surface area contributed by atoms with Crippen molar-refractivity contribution in [2.24, 2.45) is 0 Å². The molecule has 0 saturated carbocycles. The molecule has 1 aliphatic heterocycles. The first-order valence-corrected chi connectivity index (χ1v) is 8.42. The third-order valence-corrected chi connectivity index (χ3v) is 5.18. The Bertz CT molecular complexity index is 880. The number of halogens is 3. The molecule has 0 radical (unpaired) electrons. The van der Waals surface area contributed by atoms with Crippen LogP contribution in [0.2, 0.25) is 0 Å². The molecule has 1 N–H and O–H groups in total. The van der Waals surface area contributed by atoms with Crippen LogP contribution in [0.15, 0.2) is 24.3 Å². The average molecular weight is 382 g/mol. The number of anilines is 1. The highest BCUT2D eigenvalue weighted by Gasteiger charge is 2.32. The summed E-state index contributed by atoms with van der Waals surface area (Å²) in [5.41, 5.74) is -0.723. The van der Waals surface area contributed by atoms with Gasteiger partial charge in [-0.15, -0.1) is 11.3 Å². The molecule has 9 heteroatoms. The first-order chi connectivity index (χ1) is 12.3. The van der Waals surface area contributed by atoms with Gasteiger partial charge in [0.15, 0.2) is 0 Å². The fourth-order valence-electron chi connectivity index (χ4n) is 2.76. The van der Waals surface area contributed by atoms with Crippen LogP contribution < -0.4 is 4.90 Å². The Hall–Kier alpha value is -2.57. The number of carboxylic acid groups (broad SMARTS) is 1. The molecule has 1 fully saturated rings. The number of aromatic carboxylic acids is 1. The predicted octanol–water partition coefficient (Wildman–Crippen LogP) is 4.52. The van der Waals surface area contributed by atoms with E-state index in [1.54, 1.807) is 0 Å². The number of benzene rings is 1. The lowest BCUT2D eigenvalue weighted by atomic mass is 10.0. The zero-order valence-electron chi connectivity index (χ0n) is 13.3. The van der Waals surface area contributed by atoms with Crippen LogP contribution in [0.3, 0.4) is 0 Å². The number of ether oxygens (including phenoxy) is 1. The number of morpholine rings is 1.